The van der Waals surface area contributed by atoms with Crippen LogP contribution in [0, 0.1) is 0 Å². The molecule has 106 valence electrons. The monoisotopic (exact) mass is 304 g/mol. The zero-order valence-electron chi connectivity index (χ0n) is 10.9. The summed E-state index contributed by atoms with van der Waals surface area (Å²) in [7, 11) is -2.00. The van der Waals surface area contributed by atoms with Gasteiger partial charge >= 0.3 is 0 Å². The Morgan fingerprint density at radius 2 is 2.21 bits per heavy atom. The molecule has 1 atom stereocenters. The SMILES string of the molecule is COc1ccc(S(=O)(=O)N2CCNC(C)C2)cc1Cl. The number of benzene rings is 1. The quantitative estimate of drug-likeness (QED) is 0.915. The van der Waals surface area contributed by atoms with Crippen LogP contribution < -0.4 is 10.1 Å². The van der Waals surface area contributed by atoms with Crippen LogP contribution in [0.15, 0.2) is 23.1 Å². The molecule has 1 aliphatic rings. The van der Waals surface area contributed by atoms with Crippen LogP contribution >= 0.6 is 11.6 Å². The molecule has 1 N–H and O–H groups in total. The lowest BCUT2D eigenvalue weighted by atomic mass is 10.3. The third-order valence-corrected chi connectivity index (χ3v) is 5.25. The molecule has 0 aliphatic carbocycles. The summed E-state index contributed by atoms with van der Waals surface area (Å²) in [6.45, 7) is 3.55. The number of halogens is 1. The van der Waals surface area contributed by atoms with Gasteiger partial charge in [0.2, 0.25) is 10.0 Å². The normalized spacial score (nSPS) is 21.3. The Bertz CT molecular complexity index is 562. The van der Waals surface area contributed by atoms with Gasteiger partial charge in [-0.2, -0.15) is 4.31 Å². The first-order valence-corrected chi connectivity index (χ1v) is 7.84. The van der Waals surface area contributed by atoms with Gasteiger partial charge in [0.15, 0.2) is 0 Å². The van der Waals surface area contributed by atoms with E-state index in [4.69, 9.17) is 16.3 Å². The highest BCUT2D eigenvalue weighted by molar-refractivity contribution is 7.89. The zero-order chi connectivity index (χ0) is 14.0. The molecule has 0 radical (unpaired) electrons. The van der Waals surface area contributed by atoms with Crippen molar-refractivity contribution in [1.29, 1.82) is 0 Å². The summed E-state index contributed by atoms with van der Waals surface area (Å²) < 4.78 is 31.5. The van der Waals surface area contributed by atoms with Crippen molar-refractivity contribution in [2.75, 3.05) is 26.7 Å². The van der Waals surface area contributed by atoms with E-state index in [0.717, 1.165) is 0 Å². The van der Waals surface area contributed by atoms with Crippen LogP contribution in [-0.2, 0) is 10.0 Å². The number of sulfonamides is 1. The number of ether oxygens (including phenoxy) is 1. The number of methoxy groups -OCH3 is 1. The van der Waals surface area contributed by atoms with Crippen molar-refractivity contribution in [1.82, 2.24) is 9.62 Å². The van der Waals surface area contributed by atoms with Crippen LogP contribution in [0.25, 0.3) is 0 Å². The highest BCUT2D eigenvalue weighted by Gasteiger charge is 2.28. The molecule has 1 aliphatic heterocycles. The summed E-state index contributed by atoms with van der Waals surface area (Å²) >= 11 is 5.98. The average Bonchev–Trinajstić information content (AvgIpc) is 2.38. The van der Waals surface area contributed by atoms with E-state index in [0.29, 0.717) is 30.4 Å². The van der Waals surface area contributed by atoms with E-state index in [9.17, 15) is 8.42 Å². The van der Waals surface area contributed by atoms with Crippen molar-refractivity contribution in [2.45, 2.75) is 17.9 Å². The number of rotatable bonds is 3. The third-order valence-electron chi connectivity index (χ3n) is 3.09. The topological polar surface area (TPSA) is 58.6 Å². The Morgan fingerprint density at radius 3 is 2.79 bits per heavy atom. The molecule has 1 unspecified atom stereocenters. The fourth-order valence-corrected chi connectivity index (χ4v) is 3.95. The second-order valence-electron chi connectivity index (χ2n) is 4.51. The van der Waals surface area contributed by atoms with Crippen molar-refractivity contribution in [2.24, 2.45) is 0 Å². The second-order valence-corrected chi connectivity index (χ2v) is 6.86. The van der Waals surface area contributed by atoms with Crippen molar-refractivity contribution >= 4 is 21.6 Å². The van der Waals surface area contributed by atoms with Gasteiger partial charge in [-0.1, -0.05) is 11.6 Å². The largest absolute Gasteiger partial charge is 0.495 e. The summed E-state index contributed by atoms with van der Waals surface area (Å²) in [5, 5.41) is 3.51. The van der Waals surface area contributed by atoms with E-state index in [2.05, 4.69) is 5.32 Å². The predicted molar refractivity (Wildman–Crippen MR) is 74.2 cm³/mol. The minimum Gasteiger partial charge on any atom is -0.495 e. The lowest BCUT2D eigenvalue weighted by Crippen LogP contribution is -2.51. The van der Waals surface area contributed by atoms with Gasteiger partial charge in [-0.05, 0) is 25.1 Å². The molecule has 0 bridgehead atoms. The first kappa shape index (κ1) is 14.6. The number of hydrogen-bond acceptors (Lipinski definition) is 4. The first-order chi connectivity index (χ1) is 8.95. The van der Waals surface area contributed by atoms with Gasteiger partial charge in [0.1, 0.15) is 5.75 Å². The van der Waals surface area contributed by atoms with Crippen LogP contribution in [0.1, 0.15) is 6.92 Å². The Hall–Kier alpha value is -0.820. The molecular formula is C12H17ClN2O3S. The number of hydrogen-bond donors (Lipinski definition) is 1. The molecule has 0 saturated carbocycles. The second kappa shape index (κ2) is 5.66. The molecule has 1 heterocycles. The lowest BCUT2D eigenvalue weighted by Gasteiger charge is -2.31. The first-order valence-electron chi connectivity index (χ1n) is 6.02. The predicted octanol–water partition coefficient (Wildman–Crippen LogP) is 1.33. The van der Waals surface area contributed by atoms with Crippen molar-refractivity contribution in [3.63, 3.8) is 0 Å². The molecule has 2 rings (SSSR count). The van der Waals surface area contributed by atoms with Crippen molar-refractivity contribution < 1.29 is 13.2 Å². The van der Waals surface area contributed by atoms with Crippen LogP contribution in [0.3, 0.4) is 0 Å². The van der Waals surface area contributed by atoms with E-state index in [1.807, 2.05) is 6.92 Å². The maximum atomic E-state index is 12.5. The minimum atomic E-state index is -3.49. The van der Waals surface area contributed by atoms with E-state index < -0.39 is 10.0 Å². The Labute approximate surface area is 118 Å². The van der Waals surface area contributed by atoms with E-state index >= 15 is 0 Å². The zero-order valence-corrected chi connectivity index (χ0v) is 12.5. The summed E-state index contributed by atoms with van der Waals surface area (Å²) in [5.74, 6) is 0.467. The molecule has 1 saturated heterocycles. The van der Waals surface area contributed by atoms with E-state index in [-0.39, 0.29) is 10.9 Å². The molecule has 0 amide bonds. The lowest BCUT2D eigenvalue weighted by molar-refractivity contribution is 0.310. The molecule has 1 fully saturated rings. The molecule has 5 nitrogen and oxygen atoms in total. The summed E-state index contributed by atoms with van der Waals surface area (Å²) in [6, 6.07) is 4.67. The molecule has 0 aromatic heterocycles. The fourth-order valence-electron chi connectivity index (χ4n) is 2.07. The summed E-state index contributed by atoms with van der Waals surface area (Å²) in [5.41, 5.74) is 0. The molecule has 1 aromatic rings. The standard InChI is InChI=1S/C12H17ClN2O3S/c1-9-8-15(6-5-14-9)19(16,17)10-3-4-12(18-2)11(13)7-10/h3-4,7,9,14H,5-6,8H2,1-2H3. The van der Waals surface area contributed by atoms with E-state index in [1.165, 1.54) is 23.5 Å². The highest BCUT2D eigenvalue weighted by Crippen LogP contribution is 2.28. The number of nitrogens with zero attached hydrogens (tertiary/aromatic N) is 1. The van der Waals surface area contributed by atoms with Gasteiger partial charge in [-0.3, -0.25) is 0 Å². The fraction of sp³-hybridized carbons (Fsp3) is 0.500. The number of nitrogens with one attached hydrogen (secondary N) is 1. The smallest absolute Gasteiger partial charge is 0.243 e. The van der Waals surface area contributed by atoms with Crippen LogP contribution in [0.5, 0.6) is 5.75 Å². The van der Waals surface area contributed by atoms with Crippen molar-refractivity contribution in [3.05, 3.63) is 23.2 Å². The summed E-state index contributed by atoms with van der Waals surface area (Å²) in [4.78, 5) is 0.201. The molecule has 1 aromatic carbocycles. The van der Waals surface area contributed by atoms with Gasteiger partial charge in [0.05, 0.1) is 17.0 Å². The maximum Gasteiger partial charge on any atom is 0.243 e. The van der Waals surface area contributed by atoms with Gasteiger partial charge in [0, 0.05) is 25.7 Å². The Morgan fingerprint density at radius 1 is 1.47 bits per heavy atom. The van der Waals surface area contributed by atoms with Gasteiger partial charge in [0.25, 0.3) is 0 Å². The van der Waals surface area contributed by atoms with Gasteiger partial charge < -0.3 is 10.1 Å². The Balaban J connectivity index is 2.31. The average molecular weight is 305 g/mol. The molecule has 19 heavy (non-hydrogen) atoms. The maximum absolute atomic E-state index is 12.5. The molecule has 0 spiro atoms. The van der Waals surface area contributed by atoms with Crippen LogP contribution in [0.4, 0.5) is 0 Å². The molecular weight excluding hydrogens is 288 g/mol. The van der Waals surface area contributed by atoms with Crippen molar-refractivity contribution in [3.8, 4) is 5.75 Å². The van der Waals surface area contributed by atoms with Crippen LogP contribution in [0.2, 0.25) is 5.02 Å². The van der Waals surface area contributed by atoms with Crippen LogP contribution in [-0.4, -0.2) is 45.5 Å². The number of piperazine rings is 1. The van der Waals surface area contributed by atoms with E-state index in [1.54, 1.807) is 6.07 Å². The third kappa shape index (κ3) is 3.02. The van der Waals surface area contributed by atoms with Gasteiger partial charge in [-0.25, -0.2) is 8.42 Å². The minimum absolute atomic E-state index is 0.150. The molecule has 7 heteroatoms. The summed E-state index contributed by atoms with van der Waals surface area (Å²) in [6.07, 6.45) is 0. The highest BCUT2D eigenvalue weighted by atomic mass is 35.5. The Kier molecular flexibility index (Phi) is 4.35. The van der Waals surface area contributed by atoms with Gasteiger partial charge in [-0.15, -0.1) is 0 Å².